The Morgan fingerprint density at radius 2 is 1.76 bits per heavy atom. The van der Waals surface area contributed by atoms with Gasteiger partial charge in [-0.1, -0.05) is 18.2 Å². The highest BCUT2D eigenvalue weighted by Crippen LogP contribution is 2.38. The zero-order chi connectivity index (χ0) is 14.8. The molecule has 0 fully saturated rings. The highest BCUT2D eigenvalue weighted by Gasteiger charge is 2.33. The molecule has 0 bridgehead atoms. The predicted octanol–water partition coefficient (Wildman–Crippen LogP) is 2.74. The Labute approximate surface area is 123 Å². The molecule has 0 heterocycles. The minimum Gasteiger partial charge on any atom is -0.497 e. The molecule has 0 amide bonds. The topological polar surface area (TPSA) is 47.9 Å². The van der Waals surface area contributed by atoms with Crippen LogP contribution in [0.3, 0.4) is 0 Å². The third-order valence-corrected chi connectivity index (χ3v) is 3.79. The summed E-state index contributed by atoms with van der Waals surface area (Å²) in [6.07, 6.45) is -0.318. The number of para-hydroxylation sites is 2. The van der Waals surface area contributed by atoms with Crippen molar-refractivity contribution in [2.75, 3.05) is 14.2 Å². The Morgan fingerprint density at radius 1 is 1.00 bits per heavy atom. The van der Waals surface area contributed by atoms with Gasteiger partial charge < -0.3 is 19.3 Å². The summed E-state index contributed by atoms with van der Waals surface area (Å²) in [5.41, 5.74) is 1.96. The fraction of sp³-hybridized carbons (Fsp3) is 0.294. The molecule has 110 valence electrons. The lowest BCUT2D eigenvalue weighted by Crippen LogP contribution is -2.21. The van der Waals surface area contributed by atoms with Crippen molar-refractivity contribution in [3.8, 4) is 17.2 Å². The molecular formula is C17H18O4. The fourth-order valence-corrected chi connectivity index (χ4v) is 2.68. The number of rotatable bonds is 4. The Morgan fingerprint density at radius 3 is 2.48 bits per heavy atom. The van der Waals surface area contributed by atoms with E-state index in [2.05, 4.69) is 0 Å². The highest BCUT2D eigenvalue weighted by atomic mass is 16.5. The van der Waals surface area contributed by atoms with Gasteiger partial charge in [-0.05, 0) is 35.4 Å². The third kappa shape index (κ3) is 2.54. The van der Waals surface area contributed by atoms with E-state index in [4.69, 9.17) is 14.2 Å². The van der Waals surface area contributed by atoms with Gasteiger partial charge in [0, 0.05) is 6.42 Å². The van der Waals surface area contributed by atoms with Gasteiger partial charge in [0.25, 0.3) is 0 Å². The minimum absolute atomic E-state index is 0.316. The van der Waals surface area contributed by atoms with Crippen molar-refractivity contribution in [2.24, 2.45) is 0 Å². The first-order chi connectivity index (χ1) is 10.2. The molecule has 1 aliphatic rings. The zero-order valence-electron chi connectivity index (χ0n) is 12.1. The molecule has 0 aliphatic heterocycles. The molecule has 2 unspecified atom stereocenters. The smallest absolute Gasteiger partial charge is 0.161 e. The van der Waals surface area contributed by atoms with Gasteiger partial charge in [-0.2, -0.15) is 0 Å². The van der Waals surface area contributed by atoms with Crippen molar-refractivity contribution < 1.29 is 19.3 Å². The van der Waals surface area contributed by atoms with Crippen molar-refractivity contribution in [2.45, 2.75) is 18.6 Å². The van der Waals surface area contributed by atoms with E-state index in [0.29, 0.717) is 17.9 Å². The molecule has 0 radical (unpaired) electrons. The van der Waals surface area contributed by atoms with Gasteiger partial charge in [0.15, 0.2) is 11.5 Å². The molecule has 2 aromatic rings. The van der Waals surface area contributed by atoms with Crippen molar-refractivity contribution in [1.82, 2.24) is 0 Å². The van der Waals surface area contributed by atoms with Gasteiger partial charge in [-0.15, -0.1) is 0 Å². The number of hydrogen-bond acceptors (Lipinski definition) is 4. The number of aliphatic hydroxyl groups is 1. The largest absolute Gasteiger partial charge is 0.497 e. The SMILES string of the molecule is COc1ccc2c(c1)C(O)C(Oc1ccccc1OC)C2. The van der Waals surface area contributed by atoms with Crippen LogP contribution in [-0.2, 0) is 6.42 Å². The number of fused-ring (bicyclic) bond motifs is 1. The van der Waals surface area contributed by atoms with Crippen molar-refractivity contribution in [3.63, 3.8) is 0 Å². The third-order valence-electron chi connectivity index (χ3n) is 3.79. The molecular weight excluding hydrogens is 268 g/mol. The number of aliphatic hydroxyl groups excluding tert-OH is 1. The van der Waals surface area contributed by atoms with Gasteiger partial charge in [-0.25, -0.2) is 0 Å². The maximum absolute atomic E-state index is 10.5. The molecule has 0 aromatic heterocycles. The molecule has 2 aromatic carbocycles. The van der Waals surface area contributed by atoms with Crippen LogP contribution in [0.5, 0.6) is 17.2 Å². The predicted molar refractivity (Wildman–Crippen MR) is 79.1 cm³/mol. The lowest BCUT2D eigenvalue weighted by Gasteiger charge is -2.19. The van der Waals surface area contributed by atoms with Crippen molar-refractivity contribution in [1.29, 1.82) is 0 Å². The van der Waals surface area contributed by atoms with Gasteiger partial charge >= 0.3 is 0 Å². The van der Waals surface area contributed by atoms with Crippen LogP contribution in [0.2, 0.25) is 0 Å². The second kappa shape index (κ2) is 5.66. The second-order valence-electron chi connectivity index (χ2n) is 5.02. The maximum atomic E-state index is 10.5. The van der Waals surface area contributed by atoms with Crippen LogP contribution >= 0.6 is 0 Å². The average Bonchev–Trinajstić information content (AvgIpc) is 2.83. The molecule has 0 saturated heterocycles. The van der Waals surface area contributed by atoms with Gasteiger partial charge in [0.05, 0.1) is 14.2 Å². The van der Waals surface area contributed by atoms with E-state index >= 15 is 0 Å². The lowest BCUT2D eigenvalue weighted by atomic mass is 10.1. The number of ether oxygens (including phenoxy) is 3. The second-order valence-corrected chi connectivity index (χ2v) is 5.02. The molecule has 3 rings (SSSR count). The summed E-state index contributed by atoms with van der Waals surface area (Å²) in [4.78, 5) is 0. The Balaban J connectivity index is 1.83. The average molecular weight is 286 g/mol. The van der Waals surface area contributed by atoms with Crippen LogP contribution in [0.1, 0.15) is 17.2 Å². The maximum Gasteiger partial charge on any atom is 0.161 e. The standard InChI is InChI=1S/C17H18O4/c1-19-12-8-7-11-9-16(17(18)13(11)10-12)21-15-6-4-3-5-14(15)20-2/h3-8,10,16-18H,9H2,1-2H3. The normalized spacial score (nSPS) is 20.0. The Kier molecular flexibility index (Phi) is 3.71. The molecule has 0 saturated carbocycles. The molecule has 0 spiro atoms. The molecule has 4 nitrogen and oxygen atoms in total. The zero-order valence-corrected chi connectivity index (χ0v) is 12.1. The quantitative estimate of drug-likeness (QED) is 0.939. The van der Waals surface area contributed by atoms with E-state index in [0.717, 1.165) is 16.9 Å². The molecule has 1 aliphatic carbocycles. The lowest BCUT2D eigenvalue weighted by molar-refractivity contribution is 0.0476. The summed E-state index contributed by atoms with van der Waals surface area (Å²) in [6, 6.07) is 13.2. The summed E-state index contributed by atoms with van der Waals surface area (Å²) in [5, 5.41) is 10.5. The van der Waals surface area contributed by atoms with E-state index in [-0.39, 0.29) is 6.10 Å². The molecule has 4 heteroatoms. The Hall–Kier alpha value is -2.20. The van der Waals surface area contributed by atoms with Crippen molar-refractivity contribution >= 4 is 0 Å². The first kappa shape index (κ1) is 13.8. The highest BCUT2D eigenvalue weighted by molar-refractivity contribution is 5.43. The van der Waals surface area contributed by atoms with Crippen LogP contribution in [-0.4, -0.2) is 25.4 Å². The van der Waals surface area contributed by atoms with Crippen molar-refractivity contribution in [3.05, 3.63) is 53.6 Å². The van der Waals surface area contributed by atoms with E-state index in [1.807, 2.05) is 42.5 Å². The summed E-state index contributed by atoms with van der Waals surface area (Å²) >= 11 is 0. The Bertz CT molecular complexity index is 638. The first-order valence-electron chi connectivity index (χ1n) is 6.87. The number of benzene rings is 2. The molecule has 21 heavy (non-hydrogen) atoms. The summed E-state index contributed by atoms with van der Waals surface area (Å²) in [6.45, 7) is 0. The molecule has 1 N–H and O–H groups in total. The van der Waals surface area contributed by atoms with Crippen LogP contribution < -0.4 is 14.2 Å². The van der Waals surface area contributed by atoms with E-state index in [1.54, 1.807) is 14.2 Å². The number of hydrogen-bond donors (Lipinski definition) is 1. The van der Waals surface area contributed by atoms with E-state index in [9.17, 15) is 5.11 Å². The minimum atomic E-state index is -0.667. The van der Waals surface area contributed by atoms with Crippen LogP contribution in [0.4, 0.5) is 0 Å². The summed E-state index contributed by atoms with van der Waals surface area (Å²) in [7, 11) is 3.22. The van der Waals surface area contributed by atoms with Crippen LogP contribution in [0.15, 0.2) is 42.5 Å². The summed E-state index contributed by atoms with van der Waals surface area (Å²) in [5.74, 6) is 2.05. The van der Waals surface area contributed by atoms with Gasteiger partial charge in [0.2, 0.25) is 0 Å². The summed E-state index contributed by atoms with van der Waals surface area (Å²) < 4.78 is 16.4. The van der Waals surface area contributed by atoms with E-state index < -0.39 is 6.10 Å². The first-order valence-corrected chi connectivity index (χ1v) is 6.87. The fourth-order valence-electron chi connectivity index (χ4n) is 2.68. The van der Waals surface area contributed by atoms with Crippen LogP contribution in [0, 0.1) is 0 Å². The van der Waals surface area contributed by atoms with E-state index in [1.165, 1.54) is 0 Å². The van der Waals surface area contributed by atoms with Gasteiger partial charge in [0.1, 0.15) is 18.0 Å². The monoisotopic (exact) mass is 286 g/mol. The van der Waals surface area contributed by atoms with Crippen LogP contribution in [0.25, 0.3) is 0 Å². The van der Waals surface area contributed by atoms with Gasteiger partial charge in [-0.3, -0.25) is 0 Å². The number of methoxy groups -OCH3 is 2. The molecule has 2 atom stereocenters.